The normalized spacial score (nSPS) is 15.1. The Bertz CT molecular complexity index is 987. The van der Waals surface area contributed by atoms with Crippen LogP contribution in [-0.2, 0) is 18.4 Å². The number of hydrogen-bond acceptors (Lipinski definition) is 4. The van der Waals surface area contributed by atoms with Gasteiger partial charge < -0.3 is 14.4 Å². The zero-order valence-electron chi connectivity index (χ0n) is 14.2. The van der Waals surface area contributed by atoms with Gasteiger partial charge in [-0.3, -0.25) is 9.78 Å². The molecule has 0 unspecified atom stereocenters. The number of imidazole rings is 1. The van der Waals surface area contributed by atoms with Gasteiger partial charge in [-0.05, 0) is 12.1 Å². The summed E-state index contributed by atoms with van der Waals surface area (Å²) >= 11 is 0. The van der Waals surface area contributed by atoms with E-state index in [1.165, 1.54) is 12.1 Å². The van der Waals surface area contributed by atoms with E-state index in [0.29, 0.717) is 24.6 Å². The van der Waals surface area contributed by atoms with Crippen molar-refractivity contribution in [3.05, 3.63) is 53.9 Å². The Morgan fingerprint density at radius 2 is 2.04 bits per heavy atom. The molecule has 1 amide bonds. The molecule has 0 N–H and O–H groups in total. The van der Waals surface area contributed by atoms with Crippen molar-refractivity contribution in [3.8, 4) is 0 Å². The summed E-state index contributed by atoms with van der Waals surface area (Å²) in [6.45, 7) is 1.31. The molecule has 1 aliphatic heterocycles. The van der Waals surface area contributed by atoms with Crippen LogP contribution in [0.15, 0.2) is 36.7 Å². The number of nitrogens with zero attached hydrogens (tertiary/aromatic N) is 5. The minimum absolute atomic E-state index is 0.120. The van der Waals surface area contributed by atoms with E-state index in [2.05, 4.69) is 9.97 Å². The number of pyridine rings is 1. The van der Waals surface area contributed by atoms with Gasteiger partial charge in [0.15, 0.2) is 0 Å². The fourth-order valence-corrected chi connectivity index (χ4v) is 3.22. The van der Waals surface area contributed by atoms with Crippen molar-refractivity contribution >= 4 is 22.9 Å². The summed E-state index contributed by atoms with van der Waals surface area (Å²) in [6.07, 6.45) is 3.39. The zero-order chi connectivity index (χ0) is 18.3. The van der Waals surface area contributed by atoms with Gasteiger partial charge in [-0.2, -0.15) is 0 Å². The highest BCUT2D eigenvalue weighted by Crippen LogP contribution is 2.22. The van der Waals surface area contributed by atoms with Crippen LogP contribution in [0.1, 0.15) is 5.56 Å². The van der Waals surface area contributed by atoms with E-state index in [-0.39, 0.29) is 19.0 Å². The Kier molecular flexibility index (Phi) is 4.02. The summed E-state index contributed by atoms with van der Waals surface area (Å²) in [4.78, 5) is 24.6. The molecule has 0 spiro atoms. The molecule has 8 heteroatoms. The van der Waals surface area contributed by atoms with Crippen molar-refractivity contribution < 1.29 is 13.6 Å². The lowest BCUT2D eigenvalue weighted by Crippen LogP contribution is -2.50. The minimum Gasteiger partial charge on any atom is -0.335 e. The van der Waals surface area contributed by atoms with Crippen molar-refractivity contribution in [2.24, 2.45) is 7.05 Å². The van der Waals surface area contributed by atoms with E-state index in [1.807, 2.05) is 22.6 Å². The average molecular weight is 357 g/mol. The lowest BCUT2D eigenvalue weighted by atomic mass is 10.1. The maximum atomic E-state index is 13.8. The lowest BCUT2D eigenvalue weighted by Gasteiger charge is -2.34. The summed E-state index contributed by atoms with van der Waals surface area (Å²) < 4.78 is 28.8. The Morgan fingerprint density at radius 3 is 2.77 bits per heavy atom. The second-order valence-corrected chi connectivity index (χ2v) is 6.31. The van der Waals surface area contributed by atoms with Crippen LogP contribution in [0, 0.1) is 11.6 Å². The highest BCUT2D eigenvalue weighted by atomic mass is 19.1. The van der Waals surface area contributed by atoms with Crippen molar-refractivity contribution in [1.82, 2.24) is 19.4 Å². The summed E-state index contributed by atoms with van der Waals surface area (Å²) in [7, 11) is 1.90. The van der Waals surface area contributed by atoms with Crippen molar-refractivity contribution in [2.45, 2.75) is 6.54 Å². The van der Waals surface area contributed by atoms with Crippen LogP contribution in [0.25, 0.3) is 11.0 Å². The summed E-state index contributed by atoms with van der Waals surface area (Å²) in [6, 6.07) is 5.29. The number of benzene rings is 1. The Labute approximate surface area is 148 Å². The maximum Gasteiger partial charge on any atom is 0.242 e. The van der Waals surface area contributed by atoms with Gasteiger partial charge in [-0.15, -0.1) is 0 Å². The standard InChI is InChI=1S/C18H17F2N5O/c1-23-16-4-5-21-9-15(16)22-18(23)25-7-6-24(17(26)11-25)10-12-2-3-13(19)8-14(12)20/h2-5,8-9H,6-7,10-11H2,1H3. The van der Waals surface area contributed by atoms with E-state index >= 15 is 0 Å². The van der Waals surface area contributed by atoms with Gasteiger partial charge >= 0.3 is 0 Å². The number of halogens is 2. The van der Waals surface area contributed by atoms with Gasteiger partial charge in [0.2, 0.25) is 11.9 Å². The fraction of sp³-hybridized carbons (Fsp3) is 0.278. The lowest BCUT2D eigenvalue weighted by molar-refractivity contribution is -0.131. The number of fused-ring (bicyclic) bond motifs is 1. The molecule has 0 atom stereocenters. The number of carbonyl (C=O) groups excluding carboxylic acids is 1. The second kappa shape index (κ2) is 6.36. The van der Waals surface area contributed by atoms with Crippen LogP contribution in [0.5, 0.6) is 0 Å². The number of anilines is 1. The number of carbonyl (C=O) groups is 1. The Hall–Kier alpha value is -3.03. The molecule has 0 radical (unpaired) electrons. The number of rotatable bonds is 3. The minimum atomic E-state index is -0.636. The largest absolute Gasteiger partial charge is 0.335 e. The third-order valence-corrected chi connectivity index (χ3v) is 4.64. The first-order valence-electron chi connectivity index (χ1n) is 8.26. The molecule has 26 heavy (non-hydrogen) atoms. The first kappa shape index (κ1) is 16.4. The first-order chi connectivity index (χ1) is 12.5. The zero-order valence-corrected chi connectivity index (χ0v) is 14.2. The van der Waals surface area contributed by atoms with E-state index < -0.39 is 11.6 Å². The van der Waals surface area contributed by atoms with Gasteiger partial charge in [-0.1, -0.05) is 6.07 Å². The molecule has 2 aromatic heterocycles. The van der Waals surface area contributed by atoms with Gasteiger partial charge in [0, 0.05) is 44.5 Å². The molecule has 3 heterocycles. The van der Waals surface area contributed by atoms with E-state index in [9.17, 15) is 13.6 Å². The van der Waals surface area contributed by atoms with E-state index in [0.717, 1.165) is 17.1 Å². The van der Waals surface area contributed by atoms with Crippen LogP contribution in [0.2, 0.25) is 0 Å². The maximum absolute atomic E-state index is 13.8. The molecule has 6 nitrogen and oxygen atoms in total. The van der Waals surface area contributed by atoms with Crippen LogP contribution in [0.3, 0.4) is 0 Å². The third-order valence-electron chi connectivity index (χ3n) is 4.64. The number of aromatic nitrogens is 3. The van der Waals surface area contributed by atoms with Crippen LogP contribution < -0.4 is 4.90 Å². The predicted molar refractivity (Wildman–Crippen MR) is 92.5 cm³/mol. The van der Waals surface area contributed by atoms with Gasteiger partial charge in [0.1, 0.15) is 17.2 Å². The molecule has 3 aromatic rings. The van der Waals surface area contributed by atoms with Crippen molar-refractivity contribution in [2.75, 3.05) is 24.5 Å². The molecule has 4 rings (SSSR count). The highest BCUT2D eigenvalue weighted by molar-refractivity contribution is 5.84. The van der Waals surface area contributed by atoms with Gasteiger partial charge in [-0.25, -0.2) is 13.8 Å². The number of hydrogen-bond donors (Lipinski definition) is 0. The summed E-state index contributed by atoms with van der Waals surface area (Å²) in [5.41, 5.74) is 2.02. The molecule has 134 valence electrons. The predicted octanol–water partition coefficient (Wildman–Crippen LogP) is 2.10. The molecule has 0 aliphatic carbocycles. The SMILES string of the molecule is Cn1c(N2CCN(Cc3ccc(F)cc3F)C(=O)C2)nc2cnccc21. The fourth-order valence-electron chi connectivity index (χ4n) is 3.22. The molecule has 0 bridgehead atoms. The van der Waals surface area contributed by atoms with Crippen LogP contribution in [0.4, 0.5) is 14.7 Å². The molecule has 1 fully saturated rings. The first-order valence-corrected chi connectivity index (χ1v) is 8.26. The Balaban J connectivity index is 1.51. The molecule has 0 saturated carbocycles. The van der Waals surface area contributed by atoms with Crippen molar-refractivity contribution in [1.29, 1.82) is 0 Å². The highest BCUT2D eigenvalue weighted by Gasteiger charge is 2.27. The smallest absolute Gasteiger partial charge is 0.242 e. The molecular weight excluding hydrogens is 340 g/mol. The second-order valence-electron chi connectivity index (χ2n) is 6.31. The molecular formula is C18H17F2N5O. The molecule has 1 aromatic carbocycles. The van der Waals surface area contributed by atoms with Gasteiger partial charge in [0.25, 0.3) is 0 Å². The summed E-state index contributed by atoms with van der Waals surface area (Å²) in [5.74, 6) is -0.680. The quantitative estimate of drug-likeness (QED) is 0.720. The molecule has 1 aliphatic rings. The Morgan fingerprint density at radius 1 is 1.19 bits per heavy atom. The van der Waals surface area contributed by atoms with Crippen LogP contribution in [-0.4, -0.2) is 45.0 Å². The number of amides is 1. The van der Waals surface area contributed by atoms with E-state index in [4.69, 9.17) is 0 Å². The topological polar surface area (TPSA) is 54.3 Å². The number of piperazine rings is 1. The third kappa shape index (κ3) is 2.87. The average Bonchev–Trinajstić information content (AvgIpc) is 2.96. The van der Waals surface area contributed by atoms with Gasteiger partial charge in [0.05, 0.1) is 18.3 Å². The monoisotopic (exact) mass is 357 g/mol. The molecule has 1 saturated heterocycles. The van der Waals surface area contributed by atoms with Crippen molar-refractivity contribution in [3.63, 3.8) is 0 Å². The van der Waals surface area contributed by atoms with E-state index in [1.54, 1.807) is 17.3 Å². The number of aryl methyl sites for hydroxylation is 1. The summed E-state index contributed by atoms with van der Waals surface area (Å²) in [5, 5.41) is 0. The van der Waals surface area contributed by atoms with Crippen LogP contribution >= 0.6 is 0 Å².